The number of nitrogens with one attached hydrogen (secondary N) is 1. The molecule has 0 unspecified atom stereocenters. The van der Waals surface area contributed by atoms with Gasteiger partial charge in [-0.2, -0.15) is 5.21 Å². The van der Waals surface area contributed by atoms with Crippen molar-refractivity contribution < 1.29 is 4.74 Å². The summed E-state index contributed by atoms with van der Waals surface area (Å²) in [6, 6.07) is 7.51. The highest BCUT2D eigenvalue weighted by atomic mass is 16.5. The van der Waals surface area contributed by atoms with Crippen LogP contribution >= 0.6 is 0 Å². The van der Waals surface area contributed by atoms with Crippen molar-refractivity contribution in [3.8, 4) is 5.75 Å². The zero-order chi connectivity index (χ0) is 14.0. The molecule has 0 aliphatic carbocycles. The molecule has 2 rings (SSSR count). The van der Waals surface area contributed by atoms with Gasteiger partial charge in [-0.3, -0.25) is 0 Å². The zero-order valence-corrected chi connectivity index (χ0v) is 11.6. The van der Waals surface area contributed by atoms with E-state index in [1.54, 1.807) is 0 Å². The Morgan fingerprint density at radius 2 is 1.75 bits per heavy atom. The fourth-order valence-electron chi connectivity index (χ4n) is 1.96. The minimum Gasteiger partial charge on any atom is -0.494 e. The van der Waals surface area contributed by atoms with Crippen molar-refractivity contribution in [3.05, 3.63) is 30.1 Å². The predicted octanol–water partition coefficient (Wildman–Crippen LogP) is 2.35. The third-order valence-corrected chi connectivity index (χ3v) is 3.08. The molecular formula is C14H21N5O. The fraction of sp³-hybridized carbons (Fsp3) is 0.500. The monoisotopic (exact) mass is 275 g/mol. The van der Waals surface area contributed by atoms with Gasteiger partial charge in [0, 0.05) is 12.1 Å². The van der Waals surface area contributed by atoms with E-state index in [9.17, 15) is 0 Å². The molecule has 108 valence electrons. The summed E-state index contributed by atoms with van der Waals surface area (Å²) in [5.74, 6) is 1.69. The van der Waals surface area contributed by atoms with Gasteiger partial charge in [-0.05, 0) is 37.1 Å². The lowest BCUT2D eigenvalue weighted by atomic mass is 10.1. The average Bonchev–Trinajstić information content (AvgIpc) is 2.97. The predicted molar refractivity (Wildman–Crippen MR) is 77.3 cm³/mol. The maximum atomic E-state index is 5.64. The first kappa shape index (κ1) is 14.3. The number of hydrogen-bond acceptors (Lipinski definition) is 5. The van der Waals surface area contributed by atoms with Crippen molar-refractivity contribution in [2.75, 3.05) is 12.3 Å². The van der Waals surface area contributed by atoms with Crippen LogP contribution in [0.2, 0.25) is 0 Å². The number of rotatable bonds is 9. The molecule has 0 aliphatic rings. The molecule has 1 aromatic heterocycles. The Labute approximate surface area is 118 Å². The first-order valence-electron chi connectivity index (χ1n) is 7.05. The normalized spacial score (nSPS) is 10.6. The molecule has 0 radical (unpaired) electrons. The lowest BCUT2D eigenvalue weighted by Crippen LogP contribution is -1.97. The highest BCUT2D eigenvalue weighted by Gasteiger charge is 1.98. The van der Waals surface area contributed by atoms with Gasteiger partial charge in [0.15, 0.2) is 5.82 Å². The second-order valence-electron chi connectivity index (χ2n) is 4.76. The smallest absolute Gasteiger partial charge is 0.174 e. The Morgan fingerprint density at radius 1 is 1.00 bits per heavy atom. The lowest BCUT2D eigenvalue weighted by molar-refractivity contribution is 0.304. The maximum Gasteiger partial charge on any atom is 0.174 e. The molecule has 6 heteroatoms. The number of nitrogens with two attached hydrogens (primary N) is 1. The van der Waals surface area contributed by atoms with Crippen LogP contribution in [0.3, 0.4) is 0 Å². The molecule has 0 saturated heterocycles. The second kappa shape index (κ2) is 8.14. The number of nitrogens with zero attached hydrogens (tertiary/aromatic N) is 3. The minimum atomic E-state index is 0.759. The Balaban J connectivity index is 1.44. The summed E-state index contributed by atoms with van der Waals surface area (Å²) in [6.07, 6.45) is 6.67. The van der Waals surface area contributed by atoms with Crippen LogP contribution in [0.1, 0.15) is 37.9 Å². The largest absolute Gasteiger partial charge is 0.494 e. The van der Waals surface area contributed by atoms with E-state index in [0.29, 0.717) is 0 Å². The van der Waals surface area contributed by atoms with Crippen molar-refractivity contribution in [1.29, 1.82) is 0 Å². The van der Waals surface area contributed by atoms with Crippen LogP contribution in [0.4, 0.5) is 5.69 Å². The third-order valence-electron chi connectivity index (χ3n) is 3.08. The highest BCUT2D eigenvalue weighted by Crippen LogP contribution is 2.14. The summed E-state index contributed by atoms with van der Waals surface area (Å²) in [6.45, 7) is 0.759. The first-order chi connectivity index (χ1) is 9.84. The number of unbranched alkanes of at least 4 members (excludes halogenated alkanes) is 4. The number of anilines is 1. The molecule has 1 aromatic carbocycles. The van der Waals surface area contributed by atoms with E-state index in [1.165, 1.54) is 19.3 Å². The number of ether oxygens (including phenoxy) is 1. The molecule has 1 heterocycles. The number of hydrogen-bond donors (Lipinski definition) is 2. The quantitative estimate of drug-likeness (QED) is 0.541. The Hall–Kier alpha value is -2.11. The standard InChI is InChI=1S/C14H21N5O/c15-12-7-9-13(10-8-12)20-11-5-3-1-2-4-6-14-16-18-19-17-14/h7-10H,1-6,11,15H2,(H,16,17,18,19). The van der Waals surface area contributed by atoms with E-state index in [-0.39, 0.29) is 0 Å². The Morgan fingerprint density at radius 3 is 2.50 bits per heavy atom. The molecule has 6 nitrogen and oxygen atoms in total. The lowest BCUT2D eigenvalue weighted by Gasteiger charge is -2.06. The number of nitrogen functional groups attached to an aromatic ring is 1. The van der Waals surface area contributed by atoms with E-state index in [2.05, 4.69) is 20.6 Å². The molecular weight excluding hydrogens is 254 g/mol. The van der Waals surface area contributed by atoms with E-state index >= 15 is 0 Å². The summed E-state index contributed by atoms with van der Waals surface area (Å²) >= 11 is 0. The number of aryl methyl sites for hydroxylation is 1. The van der Waals surface area contributed by atoms with Gasteiger partial charge in [-0.15, -0.1) is 10.2 Å². The second-order valence-corrected chi connectivity index (χ2v) is 4.76. The molecule has 0 spiro atoms. The third kappa shape index (κ3) is 5.26. The summed E-state index contributed by atoms with van der Waals surface area (Å²) < 4.78 is 5.64. The first-order valence-corrected chi connectivity index (χ1v) is 7.05. The molecule has 0 fully saturated rings. The van der Waals surface area contributed by atoms with Crippen molar-refractivity contribution in [1.82, 2.24) is 20.6 Å². The van der Waals surface area contributed by atoms with Gasteiger partial charge in [0.05, 0.1) is 6.61 Å². The minimum absolute atomic E-state index is 0.759. The molecule has 0 saturated carbocycles. The van der Waals surface area contributed by atoms with E-state index in [0.717, 1.165) is 43.1 Å². The average molecular weight is 275 g/mol. The van der Waals surface area contributed by atoms with Crippen molar-refractivity contribution >= 4 is 5.69 Å². The van der Waals surface area contributed by atoms with Crippen molar-refractivity contribution in [2.24, 2.45) is 0 Å². The van der Waals surface area contributed by atoms with Crippen LogP contribution < -0.4 is 10.5 Å². The molecule has 0 atom stereocenters. The maximum absolute atomic E-state index is 5.64. The number of tetrazole rings is 1. The van der Waals surface area contributed by atoms with Gasteiger partial charge in [0.25, 0.3) is 0 Å². The molecule has 0 amide bonds. The van der Waals surface area contributed by atoms with E-state index < -0.39 is 0 Å². The topological polar surface area (TPSA) is 89.7 Å². The van der Waals surface area contributed by atoms with Crippen LogP contribution in [-0.2, 0) is 6.42 Å². The van der Waals surface area contributed by atoms with Gasteiger partial charge in [0.1, 0.15) is 5.75 Å². The number of aromatic nitrogens is 4. The summed E-state index contributed by atoms with van der Waals surface area (Å²) in [4.78, 5) is 0. The van der Waals surface area contributed by atoms with E-state index in [1.807, 2.05) is 24.3 Å². The molecule has 0 aliphatic heterocycles. The summed E-state index contributed by atoms with van der Waals surface area (Å²) in [7, 11) is 0. The van der Waals surface area contributed by atoms with Crippen LogP contribution in [0.5, 0.6) is 5.75 Å². The van der Waals surface area contributed by atoms with Gasteiger partial charge < -0.3 is 10.5 Å². The van der Waals surface area contributed by atoms with Gasteiger partial charge in [-0.1, -0.05) is 24.5 Å². The van der Waals surface area contributed by atoms with Crippen LogP contribution in [0.25, 0.3) is 0 Å². The summed E-state index contributed by atoms with van der Waals surface area (Å²) in [5.41, 5.74) is 6.38. The number of H-pyrrole nitrogens is 1. The molecule has 20 heavy (non-hydrogen) atoms. The van der Waals surface area contributed by atoms with Crippen LogP contribution in [0, 0.1) is 0 Å². The van der Waals surface area contributed by atoms with Crippen molar-refractivity contribution in [3.63, 3.8) is 0 Å². The SMILES string of the molecule is Nc1ccc(OCCCCCCCc2nn[nH]n2)cc1. The molecule has 3 N–H and O–H groups in total. The van der Waals surface area contributed by atoms with Gasteiger partial charge in [-0.25, -0.2) is 0 Å². The Bertz CT molecular complexity index is 469. The van der Waals surface area contributed by atoms with Gasteiger partial charge in [0.2, 0.25) is 0 Å². The van der Waals surface area contributed by atoms with Crippen LogP contribution in [0.15, 0.2) is 24.3 Å². The Kier molecular flexibility index (Phi) is 5.82. The van der Waals surface area contributed by atoms with Crippen LogP contribution in [-0.4, -0.2) is 27.2 Å². The molecule has 2 aromatic rings. The number of aromatic amines is 1. The number of benzene rings is 1. The zero-order valence-electron chi connectivity index (χ0n) is 11.6. The summed E-state index contributed by atoms with van der Waals surface area (Å²) in [5, 5.41) is 13.9. The fourth-order valence-corrected chi connectivity index (χ4v) is 1.96. The highest BCUT2D eigenvalue weighted by molar-refractivity contribution is 5.41. The van der Waals surface area contributed by atoms with Crippen molar-refractivity contribution in [2.45, 2.75) is 38.5 Å². The molecule has 0 bridgehead atoms. The van der Waals surface area contributed by atoms with Gasteiger partial charge >= 0.3 is 0 Å². The van der Waals surface area contributed by atoms with E-state index in [4.69, 9.17) is 10.5 Å².